The van der Waals surface area contributed by atoms with Crippen LogP contribution in [0.3, 0.4) is 0 Å². The number of aromatic nitrogens is 1. The molecule has 29 heavy (non-hydrogen) atoms. The van der Waals surface area contributed by atoms with Crippen molar-refractivity contribution < 1.29 is 19.4 Å². The Hall–Kier alpha value is -2.87. The number of rotatable bonds is 7. The molecule has 1 aliphatic carbocycles. The minimum atomic E-state index is -1.10. The number of nitrogens with two attached hydrogens (primary N) is 1. The summed E-state index contributed by atoms with van der Waals surface area (Å²) < 4.78 is 6.20. The summed E-state index contributed by atoms with van der Waals surface area (Å²) in [5.74, 6) is -0.534. The number of aromatic carboxylic acids is 1. The molecule has 2 aromatic rings. The predicted molar refractivity (Wildman–Crippen MR) is 111 cm³/mol. The molecule has 0 unspecified atom stereocenters. The highest BCUT2D eigenvalue weighted by molar-refractivity contribution is 6.06. The molecule has 1 amide bonds. The van der Waals surface area contributed by atoms with E-state index in [0.29, 0.717) is 28.9 Å². The average Bonchev–Trinajstić information content (AvgIpc) is 2.67. The van der Waals surface area contributed by atoms with Crippen LogP contribution in [0.5, 0.6) is 5.75 Å². The van der Waals surface area contributed by atoms with E-state index in [1.165, 1.54) is 0 Å². The van der Waals surface area contributed by atoms with E-state index in [2.05, 4.69) is 15.6 Å². The van der Waals surface area contributed by atoms with Crippen molar-refractivity contribution in [3.63, 3.8) is 0 Å². The highest BCUT2D eigenvalue weighted by atomic mass is 16.5. The molecule has 1 aliphatic rings. The third-order valence-corrected chi connectivity index (χ3v) is 5.28. The molecule has 0 radical (unpaired) electrons. The molecule has 0 atom stereocenters. The van der Waals surface area contributed by atoms with E-state index in [1.807, 2.05) is 13.0 Å². The molecular weight excluding hydrogens is 372 g/mol. The van der Waals surface area contributed by atoms with Gasteiger partial charge in [-0.25, -0.2) is 4.79 Å². The Morgan fingerprint density at radius 1 is 1.28 bits per heavy atom. The van der Waals surface area contributed by atoms with Crippen LogP contribution >= 0.6 is 0 Å². The lowest BCUT2D eigenvalue weighted by Crippen LogP contribution is -2.43. The van der Waals surface area contributed by atoms with Gasteiger partial charge >= 0.3 is 5.97 Å². The number of pyridine rings is 1. The Kier molecular flexibility index (Phi) is 6.53. The maximum atomic E-state index is 11.9. The van der Waals surface area contributed by atoms with Crippen LogP contribution < -0.4 is 21.1 Å². The lowest BCUT2D eigenvalue weighted by Gasteiger charge is -2.30. The van der Waals surface area contributed by atoms with Gasteiger partial charge in [-0.1, -0.05) is 13.0 Å². The third kappa shape index (κ3) is 4.76. The zero-order valence-electron chi connectivity index (χ0n) is 16.8. The summed E-state index contributed by atoms with van der Waals surface area (Å²) in [4.78, 5) is 27.8. The van der Waals surface area contributed by atoms with Crippen molar-refractivity contribution in [2.45, 2.75) is 51.7 Å². The first-order chi connectivity index (χ1) is 13.9. The number of carbonyl (C=O) groups is 2. The monoisotopic (exact) mass is 400 g/mol. The number of carboxylic acids is 1. The second kappa shape index (κ2) is 9.09. The van der Waals surface area contributed by atoms with Gasteiger partial charge in [-0.3, -0.25) is 9.78 Å². The predicted octanol–water partition coefficient (Wildman–Crippen LogP) is 2.24. The van der Waals surface area contributed by atoms with Gasteiger partial charge in [-0.15, -0.1) is 0 Å². The molecule has 8 heteroatoms. The molecule has 1 saturated carbocycles. The number of ether oxygens (including phenoxy) is 1. The maximum Gasteiger partial charge on any atom is 0.339 e. The number of nitrogen functional groups attached to an aromatic ring is 1. The molecule has 8 nitrogen and oxygen atoms in total. The smallest absolute Gasteiger partial charge is 0.339 e. The van der Waals surface area contributed by atoms with Crippen molar-refractivity contribution in [3.05, 3.63) is 29.5 Å². The van der Waals surface area contributed by atoms with E-state index in [9.17, 15) is 14.7 Å². The number of nitrogens with zero attached hydrogens (tertiary/aromatic N) is 1. The quantitative estimate of drug-likeness (QED) is 0.561. The minimum Gasteiger partial charge on any atom is -0.490 e. The summed E-state index contributed by atoms with van der Waals surface area (Å²) in [5.41, 5.74) is 7.38. The van der Waals surface area contributed by atoms with Crippen LogP contribution in [0, 0.1) is 6.92 Å². The number of carboxylic acid groups (broad SMARTS) is 1. The van der Waals surface area contributed by atoms with Crippen molar-refractivity contribution in [2.75, 3.05) is 18.8 Å². The molecule has 156 valence electrons. The van der Waals surface area contributed by atoms with E-state index in [1.54, 1.807) is 19.1 Å². The number of nitrogens with one attached hydrogen (secondary N) is 2. The van der Waals surface area contributed by atoms with Crippen molar-refractivity contribution in [3.8, 4) is 5.75 Å². The topological polar surface area (TPSA) is 127 Å². The van der Waals surface area contributed by atoms with Crippen LogP contribution in [0.1, 0.15) is 48.7 Å². The molecular formula is C21H28N4O4. The minimum absolute atomic E-state index is 0.0145. The van der Waals surface area contributed by atoms with Gasteiger partial charge < -0.3 is 26.2 Å². The Morgan fingerprint density at radius 3 is 2.66 bits per heavy atom. The van der Waals surface area contributed by atoms with Crippen LogP contribution in [0.15, 0.2) is 18.2 Å². The number of amides is 1. The van der Waals surface area contributed by atoms with Gasteiger partial charge in [0.1, 0.15) is 11.3 Å². The van der Waals surface area contributed by atoms with Gasteiger partial charge in [0.2, 0.25) is 5.91 Å². The van der Waals surface area contributed by atoms with Crippen molar-refractivity contribution in [1.82, 2.24) is 15.6 Å². The van der Waals surface area contributed by atoms with Crippen LogP contribution in [-0.2, 0) is 4.79 Å². The number of anilines is 1. The molecule has 1 aromatic carbocycles. The third-order valence-electron chi connectivity index (χ3n) is 5.28. The van der Waals surface area contributed by atoms with Crippen LogP contribution in [0.4, 0.5) is 5.69 Å². The largest absolute Gasteiger partial charge is 0.490 e. The number of hydrogen-bond acceptors (Lipinski definition) is 6. The Balaban J connectivity index is 1.71. The lowest BCUT2D eigenvalue weighted by atomic mass is 9.92. The van der Waals surface area contributed by atoms with Crippen LogP contribution in [-0.4, -0.2) is 47.2 Å². The second-order valence-electron chi connectivity index (χ2n) is 7.38. The number of likely N-dealkylation sites (N-methyl/N-ethyl adjacent to an activating group) is 1. The summed E-state index contributed by atoms with van der Waals surface area (Å²) in [7, 11) is 0. The first-order valence-corrected chi connectivity index (χ1v) is 9.99. The fourth-order valence-corrected chi connectivity index (χ4v) is 3.83. The van der Waals surface area contributed by atoms with Gasteiger partial charge in [0.25, 0.3) is 0 Å². The fourth-order valence-electron chi connectivity index (χ4n) is 3.83. The Bertz CT molecular complexity index is 907. The summed E-state index contributed by atoms with van der Waals surface area (Å²) in [5, 5.41) is 16.1. The van der Waals surface area contributed by atoms with Gasteiger partial charge in [0.15, 0.2) is 0 Å². The van der Waals surface area contributed by atoms with Gasteiger partial charge in [0.05, 0.1) is 34.9 Å². The van der Waals surface area contributed by atoms with E-state index < -0.39 is 5.97 Å². The SMILES string of the molecule is CCNCC(=O)N[C@H]1CC[C@H](Oc2cccc3nc(C)c(C(=O)O)c(N)c23)CC1. The fraction of sp³-hybridized carbons (Fsp3) is 0.476. The molecule has 5 N–H and O–H groups in total. The number of aryl methyl sites for hydroxylation is 1. The first kappa shape index (κ1) is 20.9. The highest BCUT2D eigenvalue weighted by Gasteiger charge is 2.25. The average molecular weight is 400 g/mol. The first-order valence-electron chi connectivity index (χ1n) is 9.99. The molecule has 0 saturated heterocycles. The number of carbonyl (C=O) groups excluding carboxylic acids is 1. The normalized spacial score (nSPS) is 19.1. The summed E-state index contributed by atoms with van der Waals surface area (Å²) in [6, 6.07) is 5.58. The molecule has 1 heterocycles. The van der Waals surface area contributed by atoms with Crippen molar-refractivity contribution >= 4 is 28.5 Å². The summed E-state index contributed by atoms with van der Waals surface area (Å²) >= 11 is 0. The van der Waals surface area contributed by atoms with Crippen molar-refractivity contribution in [1.29, 1.82) is 0 Å². The van der Waals surface area contributed by atoms with E-state index >= 15 is 0 Å². The zero-order chi connectivity index (χ0) is 21.0. The van der Waals surface area contributed by atoms with Crippen LogP contribution in [0.25, 0.3) is 10.9 Å². The maximum absolute atomic E-state index is 11.9. The Labute approximate surface area is 169 Å². The van der Waals surface area contributed by atoms with E-state index in [4.69, 9.17) is 10.5 Å². The zero-order valence-corrected chi connectivity index (χ0v) is 16.8. The second-order valence-corrected chi connectivity index (χ2v) is 7.38. The standard InChI is InChI=1S/C21H28N4O4/c1-3-23-11-17(26)25-13-7-9-14(10-8-13)29-16-6-4-5-15-19(16)20(22)18(21(27)28)12(2)24-15/h4-6,13-14,23H,3,7-11H2,1-2H3,(H2,22,24)(H,25,26)(H,27,28)/t13-,14-. The Morgan fingerprint density at radius 2 is 2.00 bits per heavy atom. The molecule has 1 aromatic heterocycles. The molecule has 3 rings (SSSR count). The molecule has 0 bridgehead atoms. The van der Waals surface area contributed by atoms with Crippen LogP contribution in [0.2, 0.25) is 0 Å². The molecule has 0 aliphatic heterocycles. The van der Waals surface area contributed by atoms with E-state index in [0.717, 1.165) is 32.2 Å². The lowest BCUT2D eigenvalue weighted by molar-refractivity contribution is -0.121. The van der Waals surface area contributed by atoms with E-state index in [-0.39, 0.29) is 29.3 Å². The van der Waals surface area contributed by atoms with Gasteiger partial charge in [-0.05, 0) is 51.3 Å². The number of fused-ring (bicyclic) bond motifs is 1. The van der Waals surface area contributed by atoms with Gasteiger partial charge in [0, 0.05) is 6.04 Å². The summed E-state index contributed by atoms with van der Waals surface area (Å²) in [6.07, 6.45) is 3.25. The summed E-state index contributed by atoms with van der Waals surface area (Å²) in [6.45, 7) is 4.70. The number of benzene rings is 1. The highest BCUT2D eigenvalue weighted by Crippen LogP contribution is 2.35. The molecule has 1 fully saturated rings. The van der Waals surface area contributed by atoms with Crippen molar-refractivity contribution in [2.24, 2.45) is 0 Å². The number of hydrogen-bond donors (Lipinski definition) is 4. The molecule has 0 spiro atoms. The van der Waals surface area contributed by atoms with Gasteiger partial charge in [-0.2, -0.15) is 0 Å².